The minimum atomic E-state index is -0.665. The van der Waals surface area contributed by atoms with Crippen LogP contribution in [-0.2, 0) is 20.9 Å². The minimum absolute atomic E-state index is 0.115. The highest BCUT2D eigenvalue weighted by molar-refractivity contribution is 14.1. The first-order valence-electron chi connectivity index (χ1n) is 7.94. The van der Waals surface area contributed by atoms with E-state index in [0.29, 0.717) is 5.69 Å². The normalized spacial score (nSPS) is 13.0. The van der Waals surface area contributed by atoms with Crippen molar-refractivity contribution in [2.24, 2.45) is 5.92 Å². The summed E-state index contributed by atoms with van der Waals surface area (Å²) in [5, 5.41) is 8.39. The van der Waals surface area contributed by atoms with Crippen LogP contribution in [0.4, 0.5) is 10.5 Å². The third kappa shape index (κ3) is 7.39. The lowest BCUT2D eigenvalue weighted by molar-refractivity contribution is -0.128. The Morgan fingerprint density at radius 2 is 1.68 bits per heavy atom. The SMILES string of the molecule is CN[C@H](C(=O)N[C@@H](C)C(=O)Nc1ccc(COC(=O)I)cc1)C(C)C. The van der Waals surface area contributed by atoms with Gasteiger partial charge in [0, 0.05) is 5.69 Å². The summed E-state index contributed by atoms with van der Waals surface area (Å²) in [6.07, 6.45) is 0. The molecule has 0 heterocycles. The maximum absolute atomic E-state index is 12.2. The van der Waals surface area contributed by atoms with E-state index in [0.717, 1.165) is 5.56 Å². The van der Waals surface area contributed by atoms with Crippen molar-refractivity contribution in [2.75, 3.05) is 12.4 Å². The van der Waals surface area contributed by atoms with Gasteiger partial charge < -0.3 is 20.7 Å². The van der Waals surface area contributed by atoms with Gasteiger partial charge in [0.05, 0.1) is 28.6 Å². The second kappa shape index (κ2) is 10.3. The van der Waals surface area contributed by atoms with Crippen molar-refractivity contribution in [3.8, 4) is 0 Å². The van der Waals surface area contributed by atoms with Gasteiger partial charge in [0.25, 0.3) is 0 Å². The summed E-state index contributed by atoms with van der Waals surface area (Å²) in [7, 11) is 1.71. The van der Waals surface area contributed by atoms with E-state index in [2.05, 4.69) is 16.0 Å². The van der Waals surface area contributed by atoms with Crippen molar-refractivity contribution in [3.05, 3.63) is 29.8 Å². The zero-order valence-electron chi connectivity index (χ0n) is 14.8. The lowest BCUT2D eigenvalue weighted by atomic mass is 10.0. The fraction of sp³-hybridized carbons (Fsp3) is 0.471. The molecule has 1 rings (SSSR count). The highest BCUT2D eigenvalue weighted by atomic mass is 127. The first-order valence-corrected chi connectivity index (χ1v) is 9.02. The van der Waals surface area contributed by atoms with E-state index in [9.17, 15) is 14.4 Å². The van der Waals surface area contributed by atoms with Gasteiger partial charge in [0.15, 0.2) is 0 Å². The average molecular weight is 461 g/mol. The van der Waals surface area contributed by atoms with E-state index in [1.165, 1.54) is 0 Å². The molecule has 1 aromatic carbocycles. The molecule has 0 aliphatic rings. The molecule has 1 aromatic rings. The number of halogens is 1. The number of ether oxygens (including phenoxy) is 1. The number of carbonyl (C=O) groups is 3. The van der Waals surface area contributed by atoms with Crippen molar-refractivity contribution in [2.45, 2.75) is 39.5 Å². The number of anilines is 1. The Morgan fingerprint density at radius 1 is 1.08 bits per heavy atom. The molecule has 0 radical (unpaired) electrons. The van der Waals surface area contributed by atoms with Crippen molar-refractivity contribution in [1.29, 1.82) is 0 Å². The molecule has 0 saturated heterocycles. The lowest BCUT2D eigenvalue weighted by Crippen LogP contribution is -2.51. The summed E-state index contributed by atoms with van der Waals surface area (Å²) in [5.74, 6) is -0.404. The van der Waals surface area contributed by atoms with Crippen LogP contribution < -0.4 is 16.0 Å². The van der Waals surface area contributed by atoms with Gasteiger partial charge in [-0.15, -0.1) is 0 Å². The van der Waals surface area contributed by atoms with E-state index >= 15 is 0 Å². The summed E-state index contributed by atoms with van der Waals surface area (Å²) >= 11 is 1.56. The molecule has 2 atom stereocenters. The van der Waals surface area contributed by atoms with Crippen LogP contribution in [0.15, 0.2) is 24.3 Å². The Kier molecular flexibility index (Phi) is 8.84. The molecule has 7 nitrogen and oxygen atoms in total. The van der Waals surface area contributed by atoms with Crippen LogP contribution in [0, 0.1) is 5.92 Å². The third-order valence-electron chi connectivity index (χ3n) is 3.59. The lowest BCUT2D eigenvalue weighted by Gasteiger charge is -2.22. The van der Waals surface area contributed by atoms with Gasteiger partial charge in [-0.3, -0.25) is 9.59 Å². The molecule has 138 valence electrons. The van der Waals surface area contributed by atoms with E-state index in [1.807, 2.05) is 13.8 Å². The van der Waals surface area contributed by atoms with E-state index in [-0.39, 0.29) is 34.4 Å². The van der Waals surface area contributed by atoms with Gasteiger partial charge in [-0.2, -0.15) is 0 Å². The Labute approximate surface area is 161 Å². The summed E-state index contributed by atoms with van der Waals surface area (Å²) in [6, 6.07) is 5.93. The summed E-state index contributed by atoms with van der Waals surface area (Å²) in [5.41, 5.74) is 1.42. The fourth-order valence-electron chi connectivity index (χ4n) is 2.21. The molecule has 0 saturated carbocycles. The number of nitrogens with one attached hydrogen (secondary N) is 3. The van der Waals surface area contributed by atoms with E-state index in [4.69, 9.17) is 4.74 Å². The Hall–Kier alpha value is -1.68. The number of carbonyl (C=O) groups excluding carboxylic acids is 3. The quantitative estimate of drug-likeness (QED) is 0.408. The van der Waals surface area contributed by atoms with Crippen molar-refractivity contribution < 1.29 is 19.1 Å². The second-order valence-corrected chi connectivity index (χ2v) is 6.83. The highest BCUT2D eigenvalue weighted by Crippen LogP contribution is 2.12. The standard InChI is InChI=1S/C17H24IN3O4/c1-10(2)14(19-4)16(23)20-11(3)15(22)21-13-7-5-12(6-8-13)9-25-17(18)24/h5-8,10-11,14,19H,9H2,1-4H3,(H,20,23)(H,21,22)/t11-,14-/m0/s1. The molecular formula is C17H24IN3O4. The highest BCUT2D eigenvalue weighted by Gasteiger charge is 2.23. The molecule has 3 N–H and O–H groups in total. The number of hydrogen-bond donors (Lipinski definition) is 3. The summed E-state index contributed by atoms with van der Waals surface area (Å²) < 4.78 is 4.52. The monoisotopic (exact) mass is 461 g/mol. The van der Waals surface area contributed by atoms with Gasteiger partial charge in [-0.1, -0.05) is 26.0 Å². The molecule has 0 aliphatic heterocycles. The molecule has 0 aromatic heterocycles. The van der Waals surface area contributed by atoms with Gasteiger partial charge in [0.2, 0.25) is 11.8 Å². The molecule has 0 aliphatic carbocycles. The summed E-state index contributed by atoms with van der Waals surface area (Å²) in [6.45, 7) is 5.68. The molecular weight excluding hydrogens is 437 g/mol. The maximum atomic E-state index is 12.2. The molecule has 0 bridgehead atoms. The van der Waals surface area contributed by atoms with Crippen LogP contribution in [0.5, 0.6) is 0 Å². The van der Waals surface area contributed by atoms with Crippen molar-refractivity contribution in [3.63, 3.8) is 0 Å². The van der Waals surface area contributed by atoms with Crippen LogP contribution in [0.1, 0.15) is 26.3 Å². The topological polar surface area (TPSA) is 96.5 Å². The zero-order valence-corrected chi connectivity index (χ0v) is 16.9. The smallest absolute Gasteiger partial charge is 0.367 e. The molecule has 0 spiro atoms. The molecule has 25 heavy (non-hydrogen) atoms. The summed E-state index contributed by atoms with van der Waals surface area (Å²) in [4.78, 5) is 35.1. The van der Waals surface area contributed by atoms with Gasteiger partial charge >= 0.3 is 3.98 Å². The first-order chi connectivity index (χ1) is 11.7. The third-order valence-corrected chi connectivity index (χ3v) is 3.90. The number of hydrogen-bond acceptors (Lipinski definition) is 5. The largest absolute Gasteiger partial charge is 0.453 e. The van der Waals surface area contributed by atoms with Crippen LogP contribution in [0.25, 0.3) is 0 Å². The van der Waals surface area contributed by atoms with E-state index < -0.39 is 6.04 Å². The zero-order chi connectivity index (χ0) is 19.0. The van der Waals surface area contributed by atoms with Gasteiger partial charge in [-0.05, 0) is 37.6 Å². The predicted octanol–water partition coefficient (Wildman–Crippen LogP) is 2.45. The van der Waals surface area contributed by atoms with Crippen LogP contribution in [-0.4, -0.2) is 34.9 Å². The number of likely N-dealkylation sites (N-methyl/N-ethyl adjacent to an activating group) is 1. The van der Waals surface area contributed by atoms with Gasteiger partial charge in [-0.25, -0.2) is 4.79 Å². The fourth-order valence-corrected chi connectivity index (χ4v) is 2.37. The number of rotatable bonds is 8. The van der Waals surface area contributed by atoms with Gasteiger partial charge in [0.1, 0.15) is 12.6 Å². The Balaban J connectivity index is 2.57. The predicted molar refractivity (Wildman–Crippen MR) is 105 cm³/mol. The second-order valence-electron chi connectivity index (χ2n) is 5.95. The molecule has 0 fully saturated rings. The Morgan fingerprint density at radius 3 is 2.16 bits per heavy atom. The molecule has 0 unspecified atom stereocenters. The van der Waals surface area contributed by atoms with Crippen molar-refractivity contribution in [1.82, 2.24) is 10.6 Å². The maximum Gasteiger partial charge on any atom is 0.367 e. The van der Waals surface area contributed by atoms with E-state index in [1.54, 1.807) is 60.8 Å². The molecule has 2 amide bonds. The number of amides is 2. The first kappa shape index (κ1) is 21.4. The minimum Gasteiger partial charge on any atom is -0.453 e. The Bertz CT molecular complexity index is 604. The van der Waals surface area contributed by atoms with Crippen LogP contribution in [0.2, 0.25) is 0 Å². The van der Waals surface area contributed by atoms with Crippen LogP contribution in [0.3, 0.4) is 0 Å². The number of benzene rings is 1. The molecule has 8 heteroatoms. The van der Waals surface area contributed by atoms with Crippen molar-refractivity contribution >= 4 is 44.1 Å². The average Bonchev–Trinajstić information content (AvgIpc) is 2.54. The van der Waals surface area contributed by atoms with Crippen LogP contribution >= 0.6 is 22.6 Å².